The summed E-state index contributed by atoms with van der Waals surface area (Å²) in [4.78, 5) is 11.1. The summed E-state index contributed by atoms with van der Waals surface area (Å²) < 4.78 is 5.41. The van der Waals surface area contributed by atoms with Gasteiger partial charge in [-0.25, -0.2) is 9.97 Å². The van der Waals surface area contributed by atoms with E-state index in [1.165, 1.54) is 5.56 Å². The molecule has 1 fully saturated rings. The lowest BCUT2D eigenvalue weighted by atomic mass is 10.2. The average Bonchev–Trinajstić information content (AvgIpc) is 2.87. The molecule has 2 heterocycles. The minimum Gasteiger partial charge on any atom is -0.380 e. The van der Waals surface area contributed by atoms with Gasteiger partial charge >= 0.3 is 0 Å². The highest BCUT2D eigenvalue weighted by molar-refractivity contribution is 5.59. The maximum Gasteiger partial charge on any atom is 0.137 e. The van der Waals surface area contributed by atoms with Gasteiger partial charge in [-0.3, -0.25) is 0 Å². The Bertz CT molecular complexity index is 397. The van der Waals surface area contributed by atoms with Gasteiger partial charge in [0.15, 0.2) is 0 Å². The molecule has 1 aromatic rings. The average molecular weight is 250 g/mol. The van der Waals surface area contributed by atoms with Crippen LogP contribution in [0.5, 0.6) is 0 Å². The molecular weight excluding hydrogens is 228 g/mol. The molecule has 1 unspecified atom stereocenters. The minimum absolute atomic E-state index is 0.326. The Labute approximate surface area is 109 Å². The van der Waals surface area contributed by atoms with Crippen molar-refractivity contribution < 1.29 is 4.74 Å². The number of hydrogen-bond acceptors (Lipinski definition) is 5. The van der Waals surface area contributed by atoms with Crippen molar-refractivity contribution >= 4 is 11.6 Å². The summed E-state index contributed by atoms with van der Waals surface area (Å²) in [5, 5.41) is 3.31. The van der Waals surface area contributed by atoms with Crippen LogP contribution in [0.1, 0.15) is 25.8 Å². The highest BCUT2D eigenvalue weighted by Crippen LogP contribution is 2.27. The SMILES string of the molecule is CCNc1ncnc(N2CCC(OC)C2)c1CC. The van der Waals surface area contributed by atoms with E-state index in [1.807, 2.05) is 0 Å². The van der Waals surface area contributed by atoms with E-state index >= 15 is 0 Å². The first-order valence-electron chi connectivity index (χ1n) is 6.65. The molecule has 1 aliphatic rings. The first-order chi connectivity index (χ1) is 8.80. The molecule has 1 aromatic heterocycles. The van der Waals surface area contributed by atoms with Crippen LogP contribution < -0.4 is 10.2 Å². The second-order valence-electron chi connectivity index (χ2n) is 4.50. The molecule has 0 amide bonds. The molecule has 5 nitrogen and oxygen atoms in total. The topological polar surface area (TPSA) is 50.3 Å². The van der Waals surface area contributed by atoms with E-state index in [0.29, 0.717) is 6.10 Å². The van der Waals surface area contributed by atoms with Crippen molar-refractivity contribution in [2.45, 2.75) is 32.8 Å². The Morgan fingerprint density at radius 3 is 2.89 bits per heavy atom. The Balaban J connectivity index is 2.24. The number of aromatic nitrogens is 2. The van der Waals surface area contributed by atoms with Gasteiger partial charge in [0.25, 0.3) is 0 Å². The van der Waals surface area contributed by atoms with Crippen LogP contribution in [0.4, 0.5) is 11.6 Å². The molecule has 100 valence electrons. The first-order valence-corrected chi connectivity index (χ1v) is 6.65. The summed E-state index contributed by atoms with van der Waals surface area (Å²) in [5.74, 6) is 2.02. The molecule has 0 saturated carbocycles. The maximum atomic E-state index is 5.41. The van der Waals surface area contributed by atoms with Gasteiger partial charge in [-0.15, -0.1) is 0 Å². The van der Waals surface area contributed by atoms with E-state index in [-0.39, 0.29) is 0 Å². The lowest BCUT2D eigenvalue weighted by Crippen LogP contribution is -2.25. The van der Waals surface area contributed by atoms with Crippen LogP contribution in [-0.2, 0) is 11.2 Å². The number of hydrogen-bond donors (Lipinski definition) is 1. The van der Waals surface area contributed by atoms with Crippen molar-refractivity contribution in [2.24, 2.45) is 0 Å². The standard InChI is InChI=1S/C13H22N4O/c1-4-11-12(14-5-2)15-9-16-13(11)17-7-6-10(8-17)18-3/h9-10H,4-8H2,1-3H3,(H,14,15,16). The molecule has 0 spiro atoms. The van der Waals surface area contributed by atoms with Crippen molar-refractivity contribution in [3.05, 3.63) is 11.9 Å². The van der Waals surface area contributed by atoms with E-state index in [4.69, 9.17) is 4.74 Å². The lowest BCUT2D eigenvalue weighted by Gasteiger charge is -2.21. The minimum atomic E-state index is 0.326. The van der Waals surface area contributed by atoms with Crippen molar-refractivity contribution in [3.63, 3.8) is 0 Å². The molecule has 5 heteroatoms. The highest BCUT2D eigenvalue weighted by atomic mass is 16.5. The fourth-order valence-electron chi connectivity index (χ4n) is 2.43. The second-order valence-corrected chi connectivity index (χ2v) is 4.50. The Morgan fingerprint density at radius 1 is 1.44 bits per heavy atom. The van der Waals surface area contributed by atoms with Crippen LogP contribution in [0.25, 0.3) is 0 Å². The number of nitrogens with one attached hydrogen (secondary N) is 1. The largest absolute Gasteiger partial charge is 0.380 e. The maximum absolute atomic E-state index is 5.41. The van der Waals surface area contributed by atoms with Crippen LogP contribution in [0.3, 0.4) is 0 Å². The van der Waals surface area contributed by atoms with Gasteiger partial charge in [-0.05, 0) is 19.8 Å². The van der Waals surface area contributed by atoms with E-state index < -0.39 is 0 Å². The zero-order chi connectivity index (χ0) is 13.0. The zero-order valence-corrected chi connectivity index (χ0v) is 11.4. The van der Waals surface area contributed by atoms with E-state index in [0.717, 1.165) is 44.1 Å². The Hall–Kier alpha value is -1.36. The van der Waals surface area contributed by atoms with Crippen LogP contribution >= 0.6 is 0 Å². The predicted molar refractivity (Wildman–Crippen MR) is 73.2 cm³/mol. The van der Waals surface area contributed by atoms with Gasteiger partial charge in [0.1, 0.15) is 18.0 Å². The summed E-state index contributed by atoms with van der Waals surface area (Å²) >= 11 is 0. The van der Waals surface area contributed by atoms with Crippen molar-refractivity contribution in [1.29, 1.82) is 0 Å². The van der Waals surface area contributed by atoms with Crippen LogP contribution in [-0.4, -0.2) is 42.8 Å². The third-order valence-corrected chi connectivity index (χ3v) is 3.40. The summed E-state index contributed by atoms with van der Waals surface area (Å²) in [6.45, 7) is 7.04. The normalized spacial score (nSPS) is 19.3. The molecule has 1 saturated heterocycles. The number of ether oxygens (including phenoxy) is 1. The second kappa shape index (κ2) is 6.00. The molecule has 2 rings (SSSR count). The molecule has 1 atom stereocenters. The molecular formula is C13H22N4O. The summed E-state index contributed by atoms with van der Waals surface area (Å²) in [6.07, 6.45) is 3.98. The summed E-state index contributed by atoms with van der Waals surface area (Å²) in [6, 6.07) is 0. The molecule has 18 heavy (non-hydrogen) atoms. The third kappa shape index (κ3) is 2.56. The monoisotopic (exact) mass is 250 g/mol. The van der Waals surface area contributed by atoms with Gasteiger partial charge in [0.2, 0.25) is 0 Å². The third-order valence-electron chi connectivity index (χ3n) is 3.40. The molecule has 1 aliphatic heterocycles. The van der Waals surface area contributed by atoms with Gasteiger partial charge < -0.3 is 15.0 Å². The fraction of sp³-hybridized carbons (Fsp3) is 0.692. The Kier molecular flexibility index (Phi) is 4.36. The van der Waals surface area contributed by atoms with Gasteiger partial charge in [0, 0.05) is 32.3 Å². The number of rotatable bonds is 5. The molecule has 1 N–H and O–H groups in total. The van der Waals surface area contributed by atoms with Crippen molar-refractivity contribution in [2.75, 3.05) is 37.0 Å². The Morgan fingerprint density at radius 2 is 2.28 bits per heavy atom. The smallest absolute Gasteiger partial charge is 0.137 e. The molecule has 0 aliphatic carbocycles. The lowest BCUT2D eigenvalue weighted by molar-refractivity contribution is 0.121. The first kappa shape index (κ1) is 13.1. The van der Waals surface area contributed by atoms with E-state index in [1.54, 1.807) is 13.4 Å². The van der Waals surface area contributed by atoms with E-state index in [9.17, 15) is 0 Å². The summed E-state index contributed by atoms with van der Waals surface area (Å²) in [7, 11) is 1.78. The number of methoxy groups -OCH3 is 1. The van der Waals surface area contributed by atoms with Gasteiger partial charge in [-0.1, -0.05) is 6.92 Å². The van der Waals surface area contributed by atoms with Crippen molar-refractivity contribution in [1.82, 2.24) is 9.97 Å². The molecule has 0 bridgehead atoms. The predicted octanol–water partition coefficient (Wildman–Crippen LogP) is 1.70. The highest BCUT2D eigenvalue weighted by Gasteiger charge is 2.25. The van der Waals surface area contributed by atoms with Crippen LogP contribution in [0.15, 0.2) is 6.33 Å². The number of anilines is 2. The van der Waals surface area contributed by atoms with Gasteiger partial charge in [0.05, 0.1) is 6.10 Å². The molecule has 0 radical (unpaired) electrons. The fourth-order valence-corrected chi connectivity index (χ4v) is 2.43. The zero-order valence-electron chi connectivity index (χ0n) is 11.4. The van der Waals surface area contributed by atoms with Gasteiger partial charge in [-0.2, -0.15) is 0 Å². The molecule has 0 aromatic carbocycles. The van der Waals surface area contributed by atoms with Crippen LogP contribution in [0, 0.1) is 0 Å². The summed E-state index contributed by atoms with van der Waals surface area (Å²) in [5.41, 5.74) is 1.20. The number of nitrogens with zero attached hydrogens (tertiary/aromatic N) is 3. The quantitative estimate of drug-likeness (QED) is 0.862. The van der Waals surface area contributed by atoms with Crippen molar-refractivity contribution in [3.8, 4) is 0 Å². The van der Waals surface area contributed by atoms with E-state index in [2.05, 4.69) is 34.0 Å². The van der Waals surface area contributed by atoms with Crippen LogP contribution in [0.2, 0.25) is 0 Å².